The zero-order valence-corrected chi connectivity index (χ0v) is 12.4. The highest BCUT2D eigenvalue weighted by Gasteiger charge is 2.12. The van der Waals surface area contributed by atoms with Crippen LogP contribution in [-0.4, -0.2) is 5.97 Å². The summed E-state index contributed by atoms with van der Waals surface area (Å²) in [5.74, 6) is -0.846. The highest BCUT2D eigenvalue weighted by Crippen LogP contribution is 2.22. The molecule has 0 saturated heterocycles. The third-order valence-corrected chi connectivity index (χ3v) is 3.75. The highest BCUT2D eigenvalue weighted by atomic mass is 79.9. The first-order chi connectivity index (χ1) is 9.49. The van der Waals surface area contributed by atoms with Crippen LogP contribution in [0, 0.1) is 12.7 Å². The lowest BCUT2D eigenvalue weighted by Crippen LogP contribution is -2.08. The topological polar surface area (TPSA) is 52.3 Å². The molecular weight excluding hydrogens is 325 g/mol. The van der Waals surface area contributed by atoms with Gasteiger partial charge in [-0.05, 0) is 52.7 Å². The number of carbonyl (C=O) groups excluding carboxylic acids is 1. The fourth-order valence-electron chi connectivity index (χ4n) is 1.80. The lowest BCUT2D eigenvalue weighted by atomic mass is 10.1. The second-order valence-electron chi connectivity index (χ2n) is 4.36. The van der Waals surface area contributed by atoms with Gasteiger partial charge in [-0.2, -0.15) is 0 Å². The van der Waals surface area contributed by atoms with E-state index in [4.69, 9.17) is 10.5 Å². The van der Waals surface area contributed by atoms with Crippen molar-refractivity contribution in [2.45, 2.75) is 13.5 Å². The number of carbonyl (C=O) groups is 1. The zero-order chi connectivity index (χ0) is 14.7. The van der Waals surface area contributed by atoms with Crippen molar-refractivity contribution in [3.63, 3.8) is 0 Å². The second-order valence-corrected chi connectivity index (χ2v) is 5.16. The molecular formula is C15H13BrFNO2. The summed E-state index contributed by atoms with van der Waals surface area (Å²) in [6, 6.07) is 9.55. The molecule has 20 heavy (non-hydrogen) atoms. The number of halogens is 2. The summed E-state index contributed by atoms with van der Waals surface area (Å²) in [7, 11) is 0. The van der Waals surface area contributed by atoms with Gasteiger partial charge in [-0.3, -0.25) is 0 Å². The van der Waals surface area contributed by atoms with E-state index < -0.39 is 5.97 Å². The number of nitrogen functional groups attached to an aromatic ring is 1. The van der Waals surface area contributed by atoms with E-state index >= 15 is 0 Å². The summed E-state index contributed by atoms with van der Waals surface area (Å²) in [5.41, 5.74) is 7.99. The molecule has 0 saturated carbocycles. The Morgan fingerprint density at radius 2 is 2.10 bits per heavy atom. The molecule has 5 heteroatoms. The van der Waals surface area contributed by atoms with Gasteiger partial charge in [0.15, 0.2) is 0 Å². The third-order valence-electron chi connectivity index (χ3n) is 2.86. The molecule has 0 bridgehead atoms. The van der Waals surface area contributed by atoms with Crippen LogP contribution in [0.15, 0.2) is 40.9 Å². The number of rotatable bonds is 3. The van der Waals surface area contributed by atoms with Gasteiger partial charge in [0.25, 0.3) is 0 Å². The molecule has 2 aromatic rings. The Kier molecular flexibility index (Phi) is 4.39. The van der Waals surface area contributed by atoms with Crippen LogP contribution in [-0.2, 0) is 11.3 Å². The van der Waals surface area contributed by atoms with Crippen molar-refractivity contribution < 1.29 is 13.9 Å². The summed E-state index contributed by atoms with van der Waals surface area (Å²) in [4.78, 5) is 12.0. The first-order valence-electron chi connectivity index (χ1n) is 5.95. The number of esters is 1. The minimum absolute atomic E-state index is 0.000985. The van der Waals surface area contributed by atoms with Gasteiger partial charge in [-0.1, -0.05) is 12.1 Å². The molecule has 0 atom stereocenters. The van der Waals surface area contributed by atoms with E-state index in [0.29, 0.717) is 21.3 Å². The predicted molar refractivity (Wildman–Crippen MR) is 78.8 cm³/mol. The number of hydrogen-bond acceptors (Lipinski definition) is 3. The molecule has 0 fully saturated rings. The van der Waals surface area contributed by atoms with E-state index in [0.717, 1.165) is 5.56 Å². The maximum absolute atomic E-state index is 13.3. The van der Waals surface area contributed by atoms with E-state index in [1.54, 1.807) is 37.3 Å². The van der Waals surface area contributed by atoms with Crippen molar-refractivity contribution in [1.82, 2.24) is 0 Å². The largest absolute Gasteiger partial charge is 0.457 e. The molecule has 0 heterocycles. The van der Waals surface area contributed by atoms with Crippen molar-refractivity contribution in [2.24, 2.45) is 0 Å². The van der Waals surface area contributed by atoms with Gasteiger partial charge in [0.05, 0.1) is 10.0 Å². The SMILES string of the molecule is Cc1cc(N)ccc1C(=O)OCc1cccc(F)c1Br. The summed E-state index contributed by atoms with van der Waals surface area (Å²) >= 11 is 3.13. The first kappa shape index (κ1) is 14.5. The molecule has 0 radical (unpaired) electrons. The van der Waals surface area contributed by atoms with Crippen LogP contribution in [0.2, 0.25) is 0 Å². The fraction of sp³-hybridized carbons (Fsp3) is 0.133. The molecule has 104 valence electrons. The van der Waals surface area contributed by atoms with Crippen LogP contribution < -0.4 is 5.73 Å². The Bertz CT molecular complexity index is 658. The molecule has 0 aliphatic rings. The lowest BCUT2D eigenvalue weighted by Gasteiger charge is -2.09. The molecule has 0 aliphatic heterocycles. The lowest BCUT2D eigenvalue weighted by molar-refractivity contribution is 0.0470. The van der Waals surface area contributed by atoms with Gasteiger partial charge in [-0.15, -0.1) is 0 Å². The van der Waals surface area contributed by atoms with Crippen LogP contribution in [0.4, 0.5) is 10.1 Å². The van der Waals surface area contributed by atoms with Gasteiger partial charge in [0, 0.05) is 11.3 Å². The number of benzene rings is 2. The number of aryl methyl sites for hydroxylation is 1. The monoisotopic (exact) mass is 337 g/mol. The van der Waals surface area contributed by atoms with Crippen LogP contribution >= 0.6 is 15.9 Å². The summed E-state index contributed by atoms with van der Waals surface area (Å²) in [6.45, 7) is 1.78. The Balaban J connectivity index is 2.11. The van der Waals surface area contributed by atoms with Crippen LogP contribution in [0.3, 0.4) is 0 Å². The van der Waals surface area contributed by atoms with Crippen molar-refractivity contribution in [1.29, 1.82) is 0 Å². The predicted octanol–water partition coefficient (Wildman–Crippen LogP) is 3.84. The fourth-order valence-corrected chi connectivity index (χ4v) is 2.18. The first-order valence-corrected chi connectivity index (χ1v) is 6.74. The van der Waals surface area contributed by atoms with E-state index in [1.807, 2.05) is 0 Å². The molecule has 0 aliphatic carbocycles. The van der Waals surface area contributed by atoms with Crippen molar-refractivity contribution in [2.75, 3.05) is 5.73 Å². The molecule has 0 amide bonds. The van der Waals surface area contributed by atoms with Gasteiger partial charge in [-0.25, -0.2) is 9.18 Å². The van der Waals surface area contributed by atoms with Crippen LogP contribution in [0.25, 0.3) is 0 Å². The second kappa shape index (κ2) is 6.05. The van der Waals surface area contributed by atoms with E-state index in [1.165, 1.54) is 6.07 Å². The van der Waals surface area contributed by atoms with Gasteiger partial charge < -0.3 is 10.5 Å². The van der Waals surface area contributed by atoms with Crippen molar-refractivity contribution in [3.05, 3.63) is 63.4 Å². The summed E-state index contributed by atoms with van der Waals surface area (Å²) < 4.78 is 18.8. The maximum Gasteiger partial charge on any atom is 0.338 e. The van der Waals surface area contributed by atoms with E-state index in [-0.39, 0.29) is 12.4 Å². The molecule has 0 unspecified atom stereocenters. The van der Waals surface area contributed by atoms with Gasteiger partial charge in [0.2, 0.25) is 0 Å². The van der Waals surface area contributed by atoms with E-state index in [9.17, 15) is 9.18 Å². The Morgan fingerprint density at radius 1 is 1.35 bits per heavy atom. The Morgan fingerprint density at radius 3 is 2.80 bits per heavy atom. The van der Waals surface area contributed by atoms with Crippen molar-refractivity contribution in [3.8, 4) is 0 Å². The van der Waals surface area contributed by atoms with Crippen LogP contribution in [0.5, 0.6) is 0 Å². The molecule has 2 rings (SSSR count). The highest BCUT2D eigenvalue weighted by molar-refractivity contribution is 9.10. The average Bonchev–Trinajstić information content (AvgIpc) is 2.40. The van der Waals surface area contributed by atoms with Gasteiger partial charge in [0.1, 0.15) is 12.4 Å². The number of anilines is 1. The Hall–Kier alpha value is -1.88. The molecule has 2 N–H and O–H groups in total. The standard InChI is InChI=1S/C15H13BrFNO2/c1-9-7-11(18)5-6-12(9)15(19)20-8-10-3-2-4-13(17)14(10)16/h2-7H,8,18H2,1H3. The summed E-state index contributed by atoms with van der Waals surface area (Å²) in [6.07, 6.45) is 0. The quantitative estimate of drug-likeness (QED) is 0.683. The smallest absolute Gasteiger partial charge is 0.338 e. The third kappa shape index (κ3) is 3.17. The number of nitrogens with two attached hydrogens (primary N) is 1. The normalized spacial score (nSPS) is 10.3. The number of hydrogen-bond donors (Lipinski definition) is 1. The van der Waals surface area contributed by atoms with Crippen LogP contribution in [0.1, 0.15) is 21.5 Å². The van der Waals surface area contributed by atoms with E-state index in [2.05, 4.69) is 15.9 Å². The maximum atomic E-state index is 13.3. The zero-order valence-electron chi connectivity index (χ0n) is 10.8. The molecule has 3 nitrogen and oxygen atoms in total. The van der Waals surface area contributed by atoms with Gasteiger partial charge >= 0.3 is 5.97 Å². The minimum Gasteiger partial charge on any atom is -0.457 e. The average molecular weight is 338 g/mol. The molecule has 2 aromatic carbocycles. The summed E-state index contributed by atoms with van der Waals surface area (Å²) in [5, 5.41) is 0. The Labute approximate surface area is 124 Å². The molecule has 0 spiro atoms. The minimum atomic E-state index is -0.460. The number of ether oxygens (including phenoxy) is 1. The van der Waals surface area contributed by atoms with Crippen molar-refractivity contribution >= 4 is 27.6 Å². The molecule has 0 aromatic heterocycles.